The first-order valence-corrected chi connectivity index (χ1v) is 17.1. The minimum absolute atomic E-state index is 0.122. The van der Waals surface area contributed by atoms with Crippen LogP contribution in [0.4, 0.5) is 18.9 Å². The van der Waals surface area contributed by atoms with E-state index < -0.39 is 41.1 Å². The van der Waals surface area contributed by atoms with E-state index in [9.17, 15) is 27.6 Å². The molecule has 0 spiro atoms. The maximum Gasteiger partial charge on any atom is 0.418 e. The number of thioether (sulfide) groups is 1. The molecule has 4 aromatic rings. The minimum atomic E-state index is -4.73. The van der Waals surface area contributed by atoms with E-state index in [-0.39, 0.29) is 40.4 Å². The molecule has 3 aromatic carbocycles. The number of aromatic amines is 1. The molecule has 2 aliphatic heterocycles. The minimum Gasteiger partial charge on any atom is -0.493 e. The molecule has 2 aliphatic carbocycles. The number of carbonyl (C=O) groups is 2. The van der Waals surface area contributed by atoms with Crippen molar-refractivity contribution in [2.24, 2.45) is 29.6 Å². The second-order valence-electron chi connectivity index (χ2n) is 12.3. The van der Waals surface area contributed by atoms with Crippen molar-refractivity contribution in [1.29, 1.82) is 0 Å². The molecule has 8 rings (SSSR count). The summed E-state index contributed by atoms with van der Waals surface area (Å²) >= 11 is 8.76. The summed E-state index contributed by atoms with van der Waals surface area (Å²) in [6.45, 7) is 0.265. The van der Waals surface area contributed by atoms with Gasteiger partial charge in [0.05, 0.1) is 35.2 Å². The molecule has 2 saturated carbocycles. The zero-order valence-corrected chi connectivity index (χ0v) is 27.0. The molecule has 7 atom stereocenters. The number of benzene rings is 3. The molecule has 4 aliphatic rings. The van der Waals surface area contributed by atoms with Crippen molar-refractivity contribution in [3.8, 4) is 11.5 Å². The SMILES string of the molecule is COc1cc([C@@H]2c3sc(=O)[nH]c3S[C@@H]3[C@@H]4C[C@@H]([C@@H]5C(=O)N(c6ccccc6C(F)(F)F)C(=O)[C@@H]45)[C@@H]23)ccc1OCc1cccc(Cl)c1. The largest absolute Gasteiger partial charge is 0.493 e. The normalized spacial score (nSPS) is 27.5. The lowest BCUT2D eigenvalue weighted by Gasteiger charge is -2.43. The van der Waals surface area contributed by atoms with Gasteiger partial charge in [0.15, 0.2) is 11.5 Å². The van der Waals surface area contributed by atoms with Gasteiger partial charge in [-0.05, 0) is 71.7 Å². The summed E-state index contributed by atoms with van der Waals surface area (Å²) in [6.07, 6.45) is -4.12. The molecule has 2 amide bonds. The molecule has 47 heavy (non-hydrogen) atoms. The third-order valence-electron chi connectivity index (χ3n) is 10.0. The Kier molecular flexibility index (Phi) is 7.27. The summed E-state index contributed by atoms with van der Waals surface area (Å²) in [5.74, 6) is -2.54. The van der Waals surface area contributed by atoms with Crippen LogP contribution in [0.5, 0.6) is 11.5 Å². The summed E-state index contributed by atoms with van der Waals surface area (Å²) in [5, 5.41) is 1.21. The smallest absolute Gasteiger partial charge is 0.418 e. The lowest BCUT2D eigenvalue weighted by molar-refractivity contribution is -0.137. The van der Waals surface area contributed by atoms with Crippen molar-refractivity contribution in [2.45, 2.75) is 35.4 Å². The molecule has 0 unspecified atom stereocenters. The highest BCUT2D eigenvalue weighted by Crippen LogP contribution is 2.69. The molecule has 3 fully saturated rings. The number of fused-ring (bicyclic) bond motifs is 9. The monoisotopic (exact) mass is 698 g/mol. The number of halogens is 4. The second-order valence-corrected chi connectivity index (χ2v) is 15.0. The molecule has 7 nitrogen and oxygen atoms in total. The molecule has 1 saturated heterocycles. The van der Waals surface area contributed by atoms with Crippen molar-refractivity contribution in [3.05, 3.63) is 103 Å². The average Bonchev–Trinajstić information content (AvgIpc) is 3.78. The van der Waals surface area contributed by atoms with Crippen molar-refractivity contribution in [1.82, 2.24) is 4.98 Å². The van der Waals surface area contributed by atoms with Crippen LogP contribution in [0.25, 0.3) is 0 Å². The molecule has 3 heterocycles. The molecule has 242 valence electrons. The van der Waals surface area contributed by atoms with E-state index in [1.54, 1.807) is 13.2 Å². The lowest BCUT2D eigenvalue weighted by Crippen LogP contribution is -2.42. The molecule has 1 aromatic heterocycles. The van der Waals surface area contributed by atoms with Gasteiger partial charge in [-0.1, -0.05) is 53.3 Å². The number of aromatic nitrogens is 1. The molecule has 2 bridgehead atoms. The van der Waals surface area contributed by atoms with Crippen molar-refractivity contribution in [3.63, 3.8) is 0 Å². The molecular formula is C34H26ClF3N2O5S2. The van der Waals surface area contributed by atoms with Crippen LogP contribution in [0.15, 0.2) is 76.6 Å². The van der Waals surface area contributed by atoms with E-state index in [0.717, 1.165) is 43.3 Å². The number of rotatable bonds is 6. The highest BCUT2D eigenvalue weighted by atomic mass is 35.5. The summed E-state index contributed by atoms with van der Waals surface area (Å²) in [4.78, 5) is 44.9. The number of thiazole rings is 1. The number of nitrogens with one attached hydrogen (secondary N) is 1. The van der Waals surface area contributed by atoms with Crippen LogP contribution in [0.2, 0.25) is 5.02 Å². The Bertz CT molecular complexity index is 2000. The van der Waals surface area contributed by atoms with Crippen LogP contribution in [0.1, 0.15) is 33.9 Å². The molecule has 13 heteroatoms. The number of ether oxygens (including phenoxy) is 2. The average molecular weight is 699 g/mol. The van der Waals surface area contributed by atoms with Crippen LogP contribution in [0, 0.1) is 29.6 Å². The van der Waals surface area contributed by atoms with E-state index >= 15 is 0 Å². The van der Waals surface area contributed by atoms with Crippen LogP contribution in [0.3, 0.4) is 0 Å². The van der Waals surface area contributed by atoms with Gasteiger partial charge in [-0.25, -0.2) is 4.90 Å². The first-order valence-electron chi connectivity index (χ1n) is 15.0. The lowest BCUT2D eigenvalue weighted by atomic mass is 9.68. The van der Waals surface area contributed by atoms with E-state index in [4.69, 9.17) is 21.1 Å². The van der Waals surface area contributed by atoms with E-state index in [1.165, 1.54) is 30.0 Å². The van der Waals surface area contributed by atoms with Gasteiger partial charge >= 0.3 is 11.0 Å². The van der Waals surface area contributed by atoms with E-state index in [0.29, 0.717) is 22.9 Å². The molecule has 1 N–H and O–H groups in total. The fourth-order valence-corrected chi connectivity index (χ4v) is 11.4. The van der Waals surface area contributed by atoms with E-state index in [1.807, 2.05) is 36.4 Å². The number of nitrogens with zero attached hydrogens (tertiary/aromatic N) is 1. The van der Waals surface area contributed by atoms with Crippen LogP contribution in [-0.2, 0) is 22.4 Å². The number of para-hydroxylation sites is 1. The Morgan fingerprint density at radius 3 is 2.47 bits per heavy atom. The maximum atomic E-state index is 14.0. The van der Waals surface area contributed by atoms with Gasteiger partial charge in [0.25, 0.3) is 0 Å². The number of hydrogen-bond donors (Lipinski definition) is 1. The Labute approximate surface area is 280 Å². The first kappa shape index (κ1) is 30.6. The van der Waals surface area contributed by atoms with Crippen LogP contribution < -0.4 is 19.2 Å². The predicted octanol–water partition coefficient (Wildman–Crippen LogP) is 7.37. The van der Waals surface area contributed by atoms with Gasteiger partial charge in [-0.3, -0.25) is 14.4 Å². The highest BCUT2D eigenvalue weighted by molar-refractivity contribution is 8.00. The zero-order valence-electron chi connectivity index (χ0n) is 24.6. The highest BCUT2D eigenvalue weighted by Gasteiger charge is 2.70. The van der Waals surface area contributed by atoms with Gasteiger partial charge in [0.2, 0.25) is 11.8 Å². The zero-order chi connectivity index (χ0) is 32.8. The van der Waals surface area contributed by atoms with E-state index in [2.05, 4.69) is 4.98 Å². The van der Waals surface area contributed by atoms with Crippen LogP contribution >= 0.6 is 34.7 Å². The first-order chi connectivity index (χ1) is 22.5. The number of amides is 2. The quantitative estimate of drug-likeness (QED) is 0.212. The Hall–Kier alpha value is -3.74. The second kappa shape index (κ2) is 11.2. The van der Waals surface area contributed by atoms with Gasteiger partial charge in [0, 0.05) is 21.1 Å². The third kappa shape index (κ3) is 4.82. The summed E-state index contributed by atoms with van der Waals surface area (Å²) in [7, 11) is 1.54. The Morgan fingerprint density at radius 1 is 0.957 bits per heavy atom. The Morgan fingerprint density at radius 2 is 1.72 bits per heavy atom. The summed E-state index contributed by atoms with van der Waals surface area (Å²) < 4.78 is 53.8. The third-order valence-corrected chi connectivity index (χ3v) is 12.8. The maximum absolute atomic E-state index is 14.0. The Balaban J connectivity index is 1.16. The number of carbonyl (C=O) groups excluding carboxylic acids is 2. The summed E-state index contributed by atoms with van der Waals surface area (Å²) in [5.41, 5.74) is 0.321. The number of imide groups is 1. The standard InChI is InChI=1S/C34H26ClF3N2O5S2/c1-44-23-12-16(9-10-22(23)45-14-15-5-4-6-17(35)11-15)24-25-18-13-19(28(25)46-30-29(24)47-33(43)39-30)27-26(18)31(41)40(32(27)42)21-8-3-2-7-20(21)34(36,37)38/h2-12,18-19,24-28H,13-14H2,1H3,(H,39,43)/t18-,19-,24+,25+,26+,27+,28-/m1/s1. The number of methoxy groups -OCH3 is 1. The van der Waals surface area contributed by atoms with Crippen LogP contribution in [-0.4, -0.2) is 29.2 Å². The van der Waals surface area contributed by atoms with Crippen molar-refractivity contribution < 1.29 is 32.2 Å². The van der Waals surface area contributed by atoms with Gasteiger partial charge in [-0.2, -0.15) is 13.2 Å². The van der Waals surface area contributed by atoms with Crippen molar-refractivity contribution >= 4 is 52.2 Å². The van der Waals surface area contributed by atoms with Gasteiger partial charge < -0.3 is 14.5 Å². The topological polar surface area (TPSA) is 88.7 Å². The number of anilines is 1. The number of alkyl halides is 3. The molecular weight excluding hydrogens is 673 g/mol. The fourth-order valence-electron chi connectivity index (χ4n) is 8.32. The predicted molar refractivity (Wildman–Crippen MR) is 171 cm³/mol. The number of H-pyrrole nitrogens is 1. The van der Waals surface area contributed by atoms with Gasteiger partial charge in [0.1, 0.15) is 6.61 Å². The number of hydrogen-bond acceptors (Lipinski definition) is 7. The summed E-state index contributed by atoms with van der Waals surface area (Å²) in [6, 6.07) is 17.7. The van der Waals surface area contributed by atoms with Gasteiger partial charge in [-0.15, -0.1) is 11.8 Å². The van der Waals surface area contributed by atoms with Crippen molar-refractivity contribution in [2.75, 3.05) is 12.0 Å². The fraction of sp³-hybridized carbons (Fsp3) is 0.324. The molecule has 0 radical (unpaired) electrons.